The predicted molar refractivity (Wildman–Crippen MR) is 58.5 cm³/mol. The van der Waals surface area contributed by atoms with Crippen LogP contribution in [0.2, 0.25) is 5.82 Å². The van der Waals surface area contributed by atoms with Crippen LogP contribution < -0.4 is 3.78 Å². The first-order valence-electron chi connectivity index (χ1n) is 3.87. The molecule has 1 aromatic carbocycles. The number of thiophene rings is 1. The number of fused-ring (bicyclic) bond motifs is 1. The van der Waals surface area contributed by atoms with Crippen molar-refractivity contribution in [3.8, 4) is 0 Å². The molecule has 0 unspecified atom stereocenters. The van der Waals surface area contributed by atoms with Crippen molar-refractivity contribution in [1.29, 1.82) is 0 Å². The second-order valence-electron chi connectivity index (χ2n) is 2.62. The van der Waals surface area contributed by atoms with Gasteiger partial charge < -0.3 is 0 Å². The molecule has 0 fully saturated rings. The van der Waals surface area contributed by atoms with Gasteiger partial charge in [-0.05, 0) is 0 Å². The molecule has 0 aliphatic heterocycles. The van der Waals surface area contributed by atoms with E-state index in [2.05, 4.69) is 11.9 Å². The molecule has 1 aromatic heterocycles. The Morgan fingerprint density at radius 1 is 1.38 bits per heavy atom. The van der Waals surface area contributed by atoms with Crippen LogP contribution in [0, 0.1) is 0 Å². The van der Waals surface area contributed by atoms with Crippen LogP contribution in [0.15, 0.2) is 24.3 Å². The van der Waals surface area contributed by atoms with E-state index in [0.717, 1.165) is 17.2 Å². The summed E-state index contributed by atoms with van der Waals surface area (Å²) in [7, 11) is 0. The predicted octanol–water partition coefficient (Wildman–Crippen LogP) is 2.09. The molecule has 0 bridgehead atoms. The van der Waals surface area contributed by atoms with Crippen molar-refractivity contribution in [2.24, 2.45) is 0 Å². The first kappa shape index (κ1) is 8.95. The quantitative estimate of drug-likeness (QED) is 0.593. The normalized spacial score (nSPS) is 10.5. The zero-order chi connectivity index (χ0) is 9.26. The van der Waals surface area contributed by atoms with E-state index < -0.39 is 0 Å². The van der Waals surface area contributed by atoms with E-state index in [0.29, 0.717) is 15.0 Å². The molecule has 0 amide bonds. The first-order valence-corrected chi connectivity index (χ1v) is 7.26. The van der Waals surface area contributed by atoms with Gasteiger partial charge in [0, 0.05) is 0 Å². The maximum atomic E-state index is 10.9. The van der Waals surface area contributed by atoms with Crippen LogP contribution >= 0.6 is 11.3 Å². The van der Waals surface area contributed by atoms with Crippen molar-refractivity contribution in [2.75, 3.05) is 0 Å². The third-order valence-electron chi connectivity index (χ3n) is 1.90. The van der Waals surface area contributed by atoms with Gasteiger partial charge in [-0.15, -0.1) is 0 Å². The van der Waals surface area contributed by atoms with E-state index in [-0.39, 0.29) is 0 Å². The summed E-state index contributed by atoms with van der Waals surface area (Å²) in [5.41, 5.74) is 0.906. The average Bonchev–Trinajstić information content (AvgIpc) is 2.55. The number of benzene rings is 1. The number of rotatable bonds is 2. The van der Waals surface area contributed by atoms with E-state index in [4.69, 9.17) is 0 Å². The number of hydrogen-bond donors (Lipinski definition) is 0. The molecule has 0 aliphatic carbocycles. The van der Waals surface area contributed by atoms with Gasteiger partial charge in [0.05, 0.1) is 0 Å². The van der Waals surface area contributed by atoms with Crippen molar-refractivity contribution in [1.82, 2.24) is 0 Å². The van der Waals surface area contributed by atoms with Gasteiger partial charge in [-0.2, -0.15) is 0 Å². The first-order chi connectivity index (χ1) is 6.36. The molecule has 1 nitrogen and oxygen atoms in total. The Morgan fingerprint density at radius 2 is 2.15 bits per heavy atom. The Hall–Kier alpha value is -0.631. The molecule has 0 spiro atoms. The Morgan fingerprint density at radius 3 is 2.85 bits per heavy atom. The van der Waals surface area contributed by atoms with Crippen LogP contribution in [-0.2, 0) is 0 Å². The van der Waals surface area contributed by atoms with E-state index in [1.54, 1.807) is 11.3 Å². The zero-order valence-electron chi connectivity index (χ0n) is 7.11. The summed E-state index contributed by atoms with van der Waals surface area (Å²) >= 11 is 2.16. The molecule has 2 aromatic rings. The van der Waals surface area contributed by atoms with E-state index in [1.165, 1.54) is 8.48 Å². The van der Waals surface area contributed by atoms with Gasteiger partial charge in [-0.25, -0.2) is 0 Å². The number of carbonyl (C=O) groups excluding carboxylic acids is 1. The van der Waals surface area contributed by atoms with Gasteiger partial charge in [0.1, 0.15) is 0 Å². The van der Waals surface area contributed by atoms with Crippen molar-refractivity contribution < 1.29 is 4.79 Å². The topological polar surface area (TPSA) is 17.1 Å². The van der Waals surface area contributed by atoms with Gasteiger partial charge in [-0.1, -0.05) is 0 Å². The summed E-state index contributed by atoms with van der Waals surface area (Å²) in [4.78, 5) is 10.9. The molecule has 0 saturated carbocycles. The Balaban J connectivity index is 2.81. The maximum absolute atomic E-state index is 10.9. The third-order valence-corrected chi connectivity index (χ3v) is 5.51. The van der Waals surface area contributed by atoms with Gasteiger partial charge in [0.15, 0.2) is 0 Å². The SMILES string of the molecule is C[Se]c1sc2ccccc2c1C=O. The number of hydrogen-bond acceptors (Lipinski definition) is 2. The molecular weight excluding hydrogens is 247 g/mol. The number of carbonyl (C=O) groups is 1. The summed E-state index contributed by atoms with van der Waals surface area (Å²) < 4.78 is 2.48. The molecule has 13 heavy (non-hydrogen) atoms. The second-order valence-corrected chi connectivity index (χ2v) is 5.97. The minimum atomic E-state index is 0.417. The fourth-order valence-electron chi connectivity index (χ4n) is 1.31. The van der Waals surface area contributed by atoms with Crippen LogP contribution in [0.3, 0.4) is 0 Å². The monoisotopic (exact) mass is 256 g/mol. The van der Waals surface area contributed by atoms with Crippen molar-refractivity contribution in [3.05, 3.63) is 29.8 Å². The number of aldehydes is 1. The fraction of sp³-hybridized carbons (Fsp3) is 0.100. The Kier molecular flexibility index (Phi) is 2.49. The summed E-state index contributed by atoms with van der Waals surface area (Å²) in [6.45, 7) is 0. The molecule has 0 atom stereocenters. The van der Waals surface area contributed by atoms with Gasteiger partial charge >= 0.3 is 86.9 Å². The molecule has 66 valence electrons. The summed E-state index contributed by atoms with van der Waals surface area (Å²) in [6.07, 6.45) is 0.986. The standard InChI is InChI=1S/C10H8OSSe/c1-13-10-8(6-11)7-4-2-3-5-9(7)12-10/h2-6H,1H3. The van der Waals surface area contributed by atoms with Gasteiger partial charge in [-0.3, -0.25) is 0 Å². The summed E-state index contributed by atoms with van der Waals surface area (Å²) in [5.74, 6) is 2.14. The van der Waals surface area contributed by atoms with Crippen LogP contribution in [0.4, 0.5) is 0 Å². The summed E-state index contributed by atoms with van der Waals surface area (Å²) in [6, 6.07) is 8.08. The summed E-state index contributed by atoms with van der Waals surface area (Å²) in [5, 5.41) is 1.11. The van der Waals surface area contributed by atoms with Gasteiger partial charge in [0.2, 0.25) is 0 Å². The van der Waals surface area contributed by atoms with Crippen LogP contribution in [0.1, 0.15) is 10.4 Å². The molecular formula is C10H8OSSe. The molecule has 0 aliphatic rings. The third kappa shape index (κ3) is 1.44. The molecule has 0 saturated heterocycles. The van der Waals surface area contributed by atoms with Crippen LogP contribution in [0.25, 0.3) is 10.1 Å². The molecule has 3 heteroatoms. The van der Waals surface area contributed by atoms with E-state index >= 15 is 0 Å². The average molecular weight is 255 g/mol. The molecule has 1 heterocycles. The minimum absolute atomic E-state index is 0.417. The van der Waals surface area contributed by atoms with Crippen molar-refractivity contribution in [3.63, 3.8) is 0 Å². The van der Waals surface area contributed by atoms with Crippen LogP contribution in [0.5, 0.6) is 0 Å². The molecule has 0 N–H and O–H groups in total. The molecule has 0 radical (unpaired) electrons. The Bertz CT molecular complexity index is 447. The van der Waals surface area contributed by atoms with E-state index in [9.17, 15) is 4.79 Å². The van der Waals surface area contributed by atoms with Crippen LogP contribution in [-0.4, -0.2) is 21.2 Å². The van der Waals surface area contributed by atoms with E-state index in [1.807, 2.05) is 18.2 Å². The molecule has 2 rings (SSSR count). The Labute approximate surface area is 86.9 Å². The van der Waals surface area contributed by atoms with Crippen molar-refractivity contribution >= 4 is 46.4 Å². The fourth-order valence-corrected chi connectivity index (χ4v) is 4.17. The van der Waals surface area contributed by atoms with Gasteiger partial charge in [0.25, 0.3) is 0 Å². The second kappa shape index (κ2) is 3.62. The van der Waals surface area contributed by atoms with Crippen molar-refractivity contribution in [2.45, 2.75) is 5.82 Å². The zero-order valence-corrected chi connectivity index (χ0v) is 9.64.